The van der Waals surface area contributed by atoms with Crippen LogP contribution >= 0.6 is 0 Å². The maximum absolute atomic E-state index is 10.7. The molecule has 1 aliphatic carbocycles. The van der Waals surface area contributed by atoms with E-state index in [1.807, 2.05) is 6.08 Å². The third-order valence-corrected chi connectivity index (χ3v) is 3.01. The fourth-order valence-electron chi connectivity index (χ4n) is 1.75. The van der Waals surface area contributed by atoms with Gasteiger partial charge in [0.25, 0.3) is 0 Å². The van der Waals surface area contributed by atoms with Gasteiger partial charge >= 0.3 is 5.97 Å². The van der Waals surface area contributed by atoms with Gasteiger partial charge in [0.2, 0.25) is 0 Å². The van der Waals surface area contributed by atoms with Gasteiger partial charge in [0.15, 0.2) is 0 Å². The average Bonchev–Trinajstić information content (AvgIpc) is 1.99. The van der Waals surface area contributed by atoms with Crippen molar-refractivity contribution in [1.29, 1.82) is 0 Å². The molecule has 0 radical (unpaired) electrons. The minimum absolute atomic E-state index is 0.403. The van der Waals surface area contributed by atoms with Crippen molar-refractivity contribution in [3.63, 3.8) is 0 Å². The molecule has 0 aromatic rings. The molecule has 1 aliphatic rings. The van der Waals surface area contributed by atoms with Gasteiger partial charge in [-0.05, 0) is 24.2 Å². The maximum atomic E-state index is 10.7. The van der Waals surface area contributed by atoms with Crippen LogP contribution < -0.4 is 0 Å². The number of carboxylic acids is 1. The Bertz CT molecular complexity index is 218. The summed E-state index contributed by atoms with van der Waals surface area (Å²) in [7, 11) is 0. The zero-order valence-corrected chi connectivity index (χ0v) is 7.87. The lowest BCUT2D eigenvalue weighted by Crippen LogP contribution is -2.23. The summed E-state index contributed by atoms with van der Waals surface area (Å²) in [5.74, 6) is 0.754. The first kappa shape index (κ1) is 9.30. The Morgan fingerprint density at radius 3 is 2.50 bits per heavy atom. The molecule has 0 bridgehead atoms. The van der Waals surface area contributed by atoms with Gasteiger partial charge in [0, 0.05) is 5.57 Å². The number of hydrogen-bond donors (Lipinski definition) is 1. The second-order valence-electron chi connectivity index (χ2n) is 3.90. The predicted octanol–water partition coefficient (Wildman–Crippen LogP) is 2.31. The zero-order chi connectivity index (χ0) is 9.30. The molecule has 2 nitrogen and oxygen atoms in total. The lowest BCUT2D eigenvalue weighted by Gasteiger charge is -2.29. The highest BCUT2D eigenvalue weighted by atomic mass is 16.4. The molecule has 12 heavy (non-hydrogen) atoms. The lowest BCUT2D eigenvalue weighted by atomic mass is 9.76. The highest BCUT2D eigenvalue weighted by Crippen LogP contribution is 2.32. The van der Waals surface area contributed by atoms with E-state index in [4.69, 9.17) is 5.11 Å². The van der Waals surface area contributed by atoms with Crippen molar-refractivity contribution >= 4 is 5.97 Å². The highest BCUT2D eigenvalue weighted by molar-refractivity contribution is 5.86. The molecule has 0 saturated carbocycles. The summed E-state index contributed by atoms with van der Waals surface area (Å²) >= 11 is 0. The second-order valence-corrected chi connectivity index (χ2v) is 3.90. The Labute approximate surface area is 73.3 Å². The fourth-order valence-corrected chi connectivity index (χ4v) is 1.75. The minimum Gasteiger partial charge on any atom is -0.478 e. The van der Waals surface area contributed by atoms with E-state index in [0.29, 0.717) is 23.3 Å². The van der Waals surface area contributed by atoms with Crippen LogP contribution in [0.1, 0.15) is 27.2 Å². The SMILES string of the molecule is C[C@@H]1[C@H](C)C=C(C(=O)O)C[C@H]1C. The monoisotopic (exact) mass is 168 g/mol. The van der Waals surface area contributed by atoms with E-state index in [1.54, 1.807) is 0 Å². The van der Waals surface area contributed by atoms with Gasteiger partial charge in [-0.1, -0.05) is 26.8 Å². The van der Waals surface area contributed by atoms with E-state index in [1.165, 1.54) is 0 Å². The summed E-state index contributed by atoms with van der Waals surface area (Å²) in [6.07, 6.45) is 2.62. The minimum atomic E-state index is -0.749. The van der Waals surface area contributed by atoms with Crippen molar-refractivity contribution in [2.24, 2.45) is 17.8 Å². The molecular formula is C10H16O2. The summed E-state index contributed by atoms with van der Waals surface area (Å²) in [5, 5.41) is 8.79. The van der Waals surface area contributed by atoms with Crippen LogP contribution in [0.4, 0.5) is 0 Å². The van der Waals surface area contributed by atoms with Crippen molar-refractivity contribution in [2.75, 3.05) is 0 Å². The fraction of sp³-hybridized carbons (Fsp3) is 0.700. The van der Waals surface area contributed by atoms with Crippen molar-refractivity contribution < 1.29 is 9.90 Å². The summed E-state index contributed by atoms with van der Waals surface area (Å²) in [6, 6.07) is 0. The van der Waals surface area contributed by atoms with Crippen molar-refractivity contribution in [3.05, 3.63) is 11.6 Å². The van der Waals surface area contributed by atoms with Crippen LogP contribution in [0.15, 0.2) is 11.6 Å². The molecule has 0 fully saturated rings. The van der Waals surface area contributed by atoms with Crippen molar-refractivity contribution in [1.82, 2.24) is 0 Å². The van der Waals surface area contributed by atoms with Gasteiger partial charge in [-0.2, -0.15) is 0 Å². The molecule has 0 aromatic carbocycles. The van der Waals surface area contributed by atoms with E-state index in [0.717, 1.165) is 6.42 Å². The van der Waals surface area contributed by atoms with E-state index in [9.17, 15) is 4.79 Å². The van der Waals surface area contributed by atoms with Gasteiger partial charge < -0.3 is 5.11 Å². The van der Waals surface area contributed by atoms with E-state index in [-0.39, 0.29) is 0 Å². The molecule has 0 saturated heterocycles. The molecule has 0 amide bonds. The summed E-state index contributed by atoms with van der Waals surface area (Å²) in [5.41, 5.74) is 0.591. The predicted molar refractivity (Wildman–Crippen MR) is 47.8 cm³/mol. The number of carbonyl (C=O) groups is 1. The van der Waals surface area contributed by atoms with Crippen LogP contribution in [-0.4, -0.2) is 11.1 Å². The van der Waals surface area contributed by atoms with Gasteiger partial charge in [0.05, 0.1) is 0 Å². The molecule has 0 aliphatic heterocycles. The molecule has 1 N–H and O–H groups in total. The largest absolute Gasteiger partial charge is 0.478 e. The molecule has 0 spiro atoms. The number of carboxylic acid groups (broad SMARTS) is 1. The first-order valence-electron chi connectivity index (χ1n) is 4.46. The van der Waals surface area contributed by atoms with Crippen LogP contribution in [0.5, 0.6) is 0 Å². The molecule has 0 unspecified atom stereocenters. The van der Waals surface area contributed by atoms with E-state index < -0.39 is 5.97 Å². The molecule has 2 heteroatoms. The number of aliphatic carboxylic acids is 1. The van der Waals surface area contributed by atoms with Gasteiger partial charge in [-0.15, -0.1) is 0 Å². The van der Waals surface area contributed by atoms with Crippen LogP contribution in [0.25, 0.3) is 0 Å². The summed E-state index contributed by atoms with van der Waals surface area (Å²) in [6.45, 7) is 6.39. The third-order valence-electron chi connectivity index (χ3n) is 3.01. The first-order valence-corrected chi connectivity index (χ1v) is 4.46. The molecule has 3 atom stereocenters. The van der Waals surface area contributed by atoms with Gasteiger partial charge in [-0.25, -0.2) is 4.79 Å². The second kappa shape index (κ2) is 3.30. The molecular weight excluding hydrogens is 152 g/mol. The van der Waals surface area contributed by atoms with Crippen LogP contribution in [-0.2, 0) is 4.79 Å². The molecule has 1 rings (SSSR count). The third kappa shape index (κ3) is 1.68. The number of hydrogen-bond acceptors (Lipinski definition) is 1. The number of rotatable bonds is 1. The molecule has 0 aromatic heterocycles. The van der Waals surface area contributed by atoms with Crippen LogP contribution in [0.2, 0.25) is 0 Å². The summed E-state index contributed by atoms with van der Waals surface area (Å²) in [4.78, 5) is 10.7. The van der Waals surface area contributed by atoms with Gasteiger partial charge in [-0.3, -0.25) is 0 Å². The highest BCUT2D eigenvalue weighted by Gasteiger charge is 2.26. The Morgan fingerprint density at radius 2 is 2.08 bits per heavy atom. The Morgan fingerprint density at radius 1 is 1.50 bits per heavy atom. The Hall–Kier alpha value is -0.790. The van der Waals surface area contributed by atoms with Crippen LogP contribution in [0, 0.1) is 17.8 Å². The first-order chi connectivity index (χ1) is 5.52. The summed E-state index contributed by atoms with van der Waals surface area (Å²) < 4.78 is 0. The Kier molecular flexibility index (Phi) is 2.55. The van der Waals surface area contributed by atoms with E-state index >= 15 is 0 Å². The lowest BCUT2D eigenvalue weighted by molar-refractivity contribution is -0.133. The van der Waals surface area contributed by atoms with Crippen molar-refractivity contribution in [2.45, 2.75) is 27.2 Å². The standard InChI is InChI=1S/C10H16O2/c1-6-4-9(10(11)12)5-7(2)8(6)3/h4,6-8H,5H2,1-3H3,(H,11,12)/t6-,7-,8-/m1/s1. The number of allylic oxidation sites excluding steroid dienone is 1. The smallest absolute Gasteiger partial charge is 0.331 e. The average molecular weight is 168 g/mol. The maximum Gasteiger partial charge on any atom is 0.331 e. The molecule has 0 heterocycles. The quantitative estimate of drug-likeness (QED) is 0.652. The van der Waals surface area contributed by atoms with Crippen molar-refractivity contribution in [3.8, 4) is 0 Å². The Balaban J connectivity index is 2.81. The topological polar surface area (TPSA) is 37.3 Å². The zero-order valence-electron chi connectivity index (χ0n) is 7.87. The normalized spacial score (nSPS) is 35.9. The van der Waals surface area contributed by atoms with E-state index in [2.05, 4.69) is 20.8 Å². The van der Waals surface area contributed by atoms with Gasteiger partial charge in [0.1, 0.15) is 0 Å². The van der Waals surface area contributed by atoms with Crippen LogP contribution in [0.3, 0.4) is 0 Å². The molecule has 68 valence electrons.